The predicted octanol–water partition coefficient (Wildman–Crippen LogP) is 2.32. The van der Waals surface area contributed by atoms with Gasteiger partial charge in [-0.05, 0) is 44.9 Å². The van der Waals surface area contributed by atoms with E-state index in [-0.39, 0.29) is 25.1 Å². The summed E-state index contributed by atoms with van der Waals surface area (Å²) in [5.74, 6) is -1.11. The van der Waals surface area contributed by atoms with Gasteiger partial charge in [0.05, 0.1) is 6.54 Å². The molecule has 26 heavy (non-hydrogen) atoms. The lowest BCUT2D eigenvalue weighted by molar-refractivity contribution is -0.135. The minimum absolute atomic E-state index is 0.0958. The summed E-state index contributed by atoms with van der Waals surface area (Å²) in [6, 6.07) is 3.54. The second-order valence-corrected chi connectivity index (χ2v) is 7.29. The number of alkyl halides is 1. The molecule has 1 heterocycles. The van der Waals surface area contributed by atoms with Crippen molar-refractivity contribution in [3.63, 3.8) is 0 Å². The summed E-state index contributed by atoms with van der Waals surface area (Å²) < 4.78 is 31.7. The predicted molar refractivity (Wildman–Crippen MR) is 90.6 cm³/mol. The molecule has 2 rings (SSSR count). The van der Waals surface area contributed by atoms with Crippen LogP contribution in [0, 0.1) is 5.82 Å². The molecule has 0 bridgehead atoms. The summed E-state index contributed by atoms with van der Waals surface area (Å²) in [7, 11) is 0. The molecule has 1 saturated heterocycles. The number of nitrogens with zero attached hydrogens (tertiary/aromatic N) is 1. The third-order valence-electron chi connectivity index (χ3n) is 3.91. The van der Waals surface area contributed by atoms with E-state index in [4.69, 9.17) is 4.74 Å². The number of alkyl carbamates (subject to hydrolysis) is 1. The lowest BCUT2D eigenvalue weighted by Gasteiger charge is -2.29. The van der Waals surface area contributed by atoms with Gasteiger partial charge in [0, 0.05) is 6.54 Å². The highest BCUT2D eigenvalue weighted by Gasteiger charge is 2.37. The van der Waals surface area contributed by atoms with E-state index in [1.54, 1.807) is 20.8 Å². The molecule has 1 aromatic carbocycles. The van der Waals surface area contributed by atoms with Crippen molar-refractivity contribution in [2.24, 2.45) is 0 Å². The zero-order chi connectivity index (χ0) is 19.5. The number of carbonyl (C=O) groups is 2. The Balaban J connectivity index is 2.21. The van der Waals surface area contributed by atoms with E-state index in [1.807, 2.05) is 0 Å². The van der Waals surface area contributed by atoms with Crippen LogP contribution in [0.5, 0.6) is 0 Å². The SMILES string of the molecule is CC(C)(C)OC(=O)N[C@@H](C(=O)N1CC[C@H](F)C1)[C@@H](O)c1ccc(F)cc1. The van der Waals surface area contributed by atoms with Gasteiger partial charge in [-0.25, -0.2) is 13.6 Å². The number of carbonyl (C=O) groups excluding carboxylic acids is 2. The largest absolute Gasteiger partial charge is 0.444 e. The topological polar surface area (TPSA) is 78.9 Å². The number of ether oxygens (including phenoxy) is 1. The molecule has 1 aromatic rings. The van der Waals surface area contributed by atoms with Crippen molar-refractivity contribution in [2.45, 2.75) is 51.1 Å². The Hall–Kier alpha value is -2.22. The number of likely N-dealkylation sites (tertiary alicyclic amines) is 1. The van der Waals surface area contributed by atoms with Crippen molar-refractivity contribution >= 4 is 12.0 Å². The second kappa shape index (κ2) is 7.99. The Morgan fingerprint density at radius 1 is 1.31 bits per heavy atom. The first kappa shape index (κ1) is 20.1. The third kappa shape index (κ3) is 5.39. The smallest absolute Gasteiger partial charge is 0.408 e. The number of halogens is 2. The highest BCUT2D eigenvalue weighted by Crippen LogP contribution is 2.22. The van der Waals surface area contributed by atoms with Crippen LogP contribution < -0.4 is 5.32 Å². The molecule has 144 valence electrons. The maximum absolute atomic E-state index is 13.4. The number of rotatable bonds is 4. The first-order valence-electron chi connectivity index (χ1n) is 8.43. The fraction of sp³-hybridized carbons (Fsp3) is 0.556. The molecule has 1 aliphatic heterocycles. The number of hydrogen-bond acceptors (Lipinski definition) is 4. The molecule has 0 aliphatic carbocycles. The van der Waals surface area contributed by atoms with Gasteiger partial charge in [-0.3, -0.25) is 4.79 Å². The van der Waals surface area contributed by atoms with Crippen molar-refractivity contribution in [1.82, 2.24) is 10.2 Å². The molecular formula is C18H24F2N2O4. The number of hydrogen-bond donors (Lipinski definition) is 2. The van der Waals surface area contributed by atoms with Crippen molar-refractivity contribution in [1.29, 1.82) is 0 Å². The molecule has 0 aromatic heterocycles. The monoisotopic (exact) mass is 370 g/mol. The zero-order valence-corrected chi connectivity index (χ0v) is 15.0. The van der Waals surface area contributed by atoms with Crippen LogP contribution in [-0.4, -0.2) is 52.9 Å². The molecule has 8 heteroatoms. The van der Waals surface area contributed by atoms with Crippen LogP contribution in [0.4, 0.5) is 13.6 Å². The summed E-state index contributed by atoms with van der Waals surface area (Å²) in [5, 5.41) is 12.9. The number of aliphatic hydroxyl groups is 1. The van der Waals surface area contributed by atoms with Gasteiger partial charge in [0.15, 0.2) is 0 Å². The van der Waals surface area contributed by atoms with E-state index < -0.39 is 41.7 Å². The van der Waals surface area contributed by atoms with Crippen molar-refractivity contribution in [3.8, 4) is 0 Å². The lowest BCUT2D eigenvalue weighted by atomic mass is 10.0. The molecule has 0 unspecified atom stereocenters. The number of amides is 2. The average Bonchev–Trinajstić information content (AvgIpc) is 2.97. The van der Waals surface area contributed by atoms with Gasteiger partial charge in [-0.15, -0.1) is 0 Å². The highest BCUT2D eigenvalue weighted by atomic mass is 19.1. The van der Waals surface area contributed by atoms with Gasteiger partial charge < -0.3 is 20.1 Å². The first-order valence-corrected chi connectivity index (χ1v) is 8.43. The second-order valence-electron chi connectivity index (χ2n) is 7.29. The lowest BCUT2D eigenvalue weighted by Crippen LogP contribution is -2.52. The zero-order valence-electron chi connectivity index (χ0n) is 15.0. The third-order valence-corrected chi connectivity index (χ3v) is 3.91. The van der Waals surface area contributed by atoms with Crippen LogP contribution in [0.1, 0.15) is 38.9 Å². The molecule has 0 radical (unpaired) electrons. The number of benzene rings is 1. The van der Waals surface area contributed by atoms with Gasteiger partial charge in [0.1, 0.15) is 29.7 Å². The van der Waals surface area contributed by atoms with Crippen molar-refractivity contribution in [2.75, 3.05) is 13.1 Å². The summed E-state index contributed by atoms with van der Waals surface area (Å²) in [4.78, 5) is 26.1. The Labute approximate surface area is 151 Å². The molecule has 2 amide bonds. The Morgan fingerprint density at radius 3 is 2.42 bits per heavy atom. The molecular weight excluding hydrogens is 346 g/mol. The van der Waals surface area contributed by atoms with Gasteiger partial charge in [-0.2, -0.15) is 0 Å². The fourth-order valence-electron chi connectivity index (χ4n) is 2.68. The maximum Gasteiger partial charge on any atom is 0.408 e. The summed E-state index contributed by atoms with van der Waals surface area (Å²) in [6.07, 6.45) is -3.25. The first-order chi connectivity index (χ1) is 12.1. The van der Waals surface area contributed by atoms with Crippen molar-refractivity contribution < 1.29 is 28.2 Å². The molecule has 0 spiro atoms. The van der Waals surface area contributed by atoms with E-state index >= 15 is 0 Å². The minimum Gasteiger partial charge on any atom is -0.444 e. The maximum atomic E-state index is 13.4. The van der Waals surface area contributed by atoms with Gasteiger partial charge >= 0.3 is 6.09 Å². The fourth-order valence-corrected chi connectivity index (χ4v) is 2.68. The van der Waals surface area contributed by atoms with Crippen LogP contribution in [0.3, 0.4) is 0 Å². The van der Waals surface area contributed by atoms with E-state index in [1.165, 1.54) is 17.0 Å². The highest BCUT2D eigenvalue weighted by molar-refractivity contribution is 5.86. The molecule has 3 atom stereocenters. The molecule has 1 aliphatic rings. The van der Waals surface area contributed by atoms with Gasteiger partial charge in [-0.1, -0.05) is 12.1 Å². The molecule has 6 nitrogen and oxygen atoms in total. The minimum atomic E-state index is -1.44. The van der Waals surface area contributed by atoms with Gasteiger partial charge in [0.25, 0.3) is 0 Å². The summed E-state index contributed by atoms with van der Waals surface area (Å²) >= 11 is 0. The Morgan fingerprint density at radius 2 is 1.92 bits per heavy atom. The normalized spacial score (nSPS) is 19.8. The average molecular weight is 370 g/mol. The van der Waals surface area contributed by atoms with Crippen LogP contribution in [0.25, 0.3) is 0 Å². The van der Waals surface area contributed by atoms with Crippen LogP contribution in [0.2, 0.25) is 0 Å². The Bertz CT molecular complexity index is 646. The summed E-state index contributed by atoms with van der Waals surface area (Å²) in [5.41, 5.74) is -0.548. The molecule has 1 fully saturated rings. The van der Waals surface area contributed by atoms with Gasteiger partial charge in [0.2, 0.25) is 5.91 Å². The number of nitrogens with one attached hydrogen (secondary N) is 1. The van der Waals surface area contributed by atoms with Crippen molar-refractivity contribution in [3.05, 3.63) is 35.6 Å². The Kier molecular flexibility index (Phi) is 6.17. The molecule has 0 saturated carbocycles. The van der Waals surface area contributed by atoms with E-state index in [2.05, 4.69) is 5.32 Å². The molecule has 2 N–H and O–H groups in total. The van der Waals surface area contributed by atoms with E-state index in [0.717, 1.165) is 12.1 Å². The van der Waals surface area contributed by atoms with Crippen LogP contribution in [-0.2, 0) is 9.53 Å². The summed E-state index contributed by atoms with van der Waals surface area (Å²) in [6.45, 7) is 5.08. The van der Waals surface area contributed by atoms with E-state index in [0.29, 0.717) is 0 Å². The van der Waals surface area contributed by atoms with E-state index in [9.17, 15) is 23.5 Å². The number of aliphatic hydroxyl groups excluding tert-OH is 1. The standard InChI is InChI=1S/C18H24F2N2O4/c1-18(2,3)26-17(25)21-14(16(24)22-9-8-13(20)10-22)15(23)11-4-6-12(19)7-5-11/h4-7,13-15,23H,8-10H2,1-3H3,(H,21,25)/t13-,14+,15-/m0/s1. The quantitative estimate of drug-likeness (QED) is 0.853. The van der Waals surface area contributed by atoms with Crippen LogP contribution >= 0.6 is 0 Å². The van der Waals surface area contributed by atoms with Crippen LogP contribution in [0.15, 0.2) is 24.3 Å².